The van der Waals surface area contributed by atoms with Crippen LogP contribution in [-0.2, 0) is 6.54 Å². The van der Waals surface area contributed by atoms with E-state index in [0.717, 1.165) is 75.0 Å². The Labute approximate surface area is 179 Å². The van der Waals surface area contributed by atoms with Gasteiger partial charge in [-0.1, -0.05) is 66.7 Å². The van der Waals surface area contributed by atoms with E-state index in [-0.39, 0.29) is 5.91 Å². The molecule has 4 nitrogen and oxygen atoms in total. The molecule has 3 aromatic rings. The van der Waals surface area contributed by atoms with Crippen molar-refractivity contribution in [3.8, 4) is 0 Å². The fourth-order valence-electron chi connectivity index (χ4n) is 4.19. The summed E-state index contributed by atoms with van der Waals surface area (Å²) in [4.78, 5) is 17.7. The summed E-state index contributed by atoms with van der Waals surface area (Å²) in [5.41, 5.74) is 2.16. The van der Waals surface area contributed by atoms with Gasteiger partial charge in [0, 0.05) is 44.8 Å². The number of nitrogens with zero attached hydrogens (tertiary/aromatic N) is 2. The summed E-state index contributed by atoms with van der Waals surface area (Å²) < 4.78 is 0. The van der Waals surface area contributed by atoms with Gasteiger partial charge in [0.05, 0.1) is 0 Å². The molecule has 3 aromatic carbocycles. The average Bonchev–Trinajstić information content (AvgIpc) is 2.80. The van der Waals surface area contributed by atoms with Crippen LogP contribution in [0.15, 0.2) is 72.8 Å². The van der Waals surface area contributed by atoms with Gasteiger partial charge < -0.3 is 10.2 Å². The summed E-state index contributed by atoms with van der Waals surface area (Å²) in [6.45, 7) is 7.43. The van der Waals surface area contributed by atoms with E-state index in [2.05, 4.69) is 45.4 Å². The van der Waals surface area contributed by atoms with Crippen LogP contribution in [0.4, 0.5) is 0 Å². The molecule has 0 bridgehead atoms. The highest BCUT2D eigenvalue weighted by Gasteiger charge is 2.16. The monoisotopic (exact) mass is 401 g/mol. The molecular formula is C26H31N3O. The van der Waals surface area contributed by atoms with Crippen LogP contribution >= 0.6 is 0 Å². The Morgan fingerprint density at radius 3 is 2.30 bits per heavy atom. The Morgan fingerprint density at radius 1 is 0.767 bits per heavy atom. The number of carbonyl (C=O) groups is 1. The maximum absolute atomic E-state index is 12.6. The van der Waals surface area contributed by atoms with Gasteiger partial charge in [-0.25, -0.2) is 0 Å². The van der Waals surface area contributed by atoms with Crippen LogP contribution in [0.5, 0.6) is 0 Å². The summed E-state index contributed by atoms with van der Waals surface area (Å²) in [5.74, 6) is 0.0290. The van der Waals surface area contributed by atoms with Crippen molar-refractivity contribution in [1.29, 1.82) is 0 Å². The van der Waals surface area contributed by atoms with E-state index in [1.165, 1.54) is 5.56 Å². The molecular weight excluding hydrogens is 370 g/mol. The minimum Gasteiger partial charge on any atom is -0.352 e. The normalized spacial score (nSPS) is 15.3. The van der Waals surface area contributed by atoms with Crippen molar-refractivity contribution < 1.29 is 4.79 Å². The van der Waals surface area contributed by atoms with Crippen LogP contribution in [0.2, 0.25) is 0 Å². The Bertz CT molecular complexity index is 943. The fraction of sp³-hybridized carbons (Fsp3) is 0.346. The van der Waals surface area contributed by atoms with Gasteiger partial charge in [-0.15, -0.1) is 0 Å². The van der Waals surface area contributed by atoms with Gasteiger partial charge in [-0.3, -0.25) is 9.69 Å². The zero-order valence-electron chi connectivity index (χ0n) is 17.6. The van der Waals surface area contributed by atoms with E-state index in [4.69, 9.17) is 0 Å². The largest absolute Gasteiger partial charge is 0.352 e. The number of hydrogen-bond donors (Lipinski definition) is 1. The molecule has 0 aromatic heterocycles. The van der Waals surface area contributed by atoms with Crippen LogP contribution in [0.3, 0.4) is 0 Å². The number of carbonyl (C=O) groups excluding carboxylic acids is 1. The second kappa shape index (κ2) is 10.4. The highest BCUT2D eigenvalue weighted by Crippen LogP contribution is 2.18. The summed E-state index contributed by atoms with van der Waals surface area (Å²) in [5, 5.41) is 5.22. The lowest BCUT2D eigenvalue weighted by atomic mass is 10.0. The predicted molar refractivity (Wildman–Crippen MR) is 124 cm³/mol. The van der Waals surface area contributed by atoms with Crippen LogP contribution in [-0.4, -0.2) is 55.0 Å². The molecule has 0 radical (unpaired) electrons. The van der Waals surface area contributed by atoms with Gasteiger partial charge in [0.15, 0.2) is 0 Å². The van der Waals surface area contributed by atoms with Crippen molar-refractivity contribution in [3.05, 3.63) is 83.9 Å². The molecule has 0 aliphatic carbocycles. The van der Waals surface area contributed by atoms with Crippen molar-refractivity contribution in [1.82, 2.24) is 15.1 Å². The molecule has 0 atom stereocenters. The van der Waals surface area contributed by atoms with Crippen LogP contribution < -0.4 is 5.32 Å². The first-order valence-electron chi connectivity index (χ1n) is 11.0. The van der Waals surface area contributed by atoms with E-state index in [9.17, 15) is 4.79 Å². The summed E-state index contributed by atoms with van der Waals surface area (Å²) >= 11 is 0. The van der Waals surface area contributed by atoms with Crippen molar-refractivity contribution in [2.75, 3.05) is 39.3 Å². The number of hydrogen-bond acceptors (Lipinski definition) is 3. The molecule has 1 amide bonds. The maximum atomic E-state index is 12.6. The third-order valence-corrected chi connectivity index (χ3v) is 5.93. The van der Waals surface area contributed by atoms with E-state index < -0.39 is 0 Å². The molecule has 4 heteroatoms. The van der Waals surface area contributed by atoms with Crippen molar-refractivity contribution in [2.45, 2.75) is 19.4 Å². The molecule has 0 unspecified atom stereocenters. The topological polar surface area (TPSA) is 35.6 Å². The van der Waals surface area contributed by atoms with Gasteiger partial charge in [-0.05, 0) is 41.8 Å². The first-order chi connectivity index (χ1) is 14.8. The average molecular weight is 402 g/mol. The van der Waals surface area contributed by atoms with Crippen molar-refractivity contribution >= 4 is 16.7 Å². The van der Waals surface area contributed by atoms with Gasteiger partial charge in [0.2, 0.25) is 0 Å². The third kappa shape index (κ3) is 5.47. The number of fused-ring (bicyclic) bond motifs is 1. The van der Waals surface area contributed by atoms with Crippen LogP contribution in [0.1, 0.15) is 28.8 Å². The first-order valence-corrected chi connectivity index (χ1v) is 11.0. The third-order valence-electron chi connectivity index (χ3n) is 5.93. The molecule has 0 spiro atoms. The summed E-state index contributed by atoms with van der Waals surface area (Å²) in [6.07, 6.45) is 2.13. The van der Waals surface area contributed by atoms with Crippen molar-refractivity contribution in [2.24, 2.45) is 0 Å². The zero-order chi connectivity index (χ0) is 20.6. The molecule has 4 rings (SSSR count). The van der Waals surface area contributed by atoms with E-state index in [1.807, 2.05) is 42.5 Å². The number of piperazine rings is 1. The second-order valence-electron chi connectivity index (χ2n) is 8.09. The lowest BCUT2D eigenvalue weighted by molar-refractivity contribution is 0.0953. The van der Waals surface area contributed by atoms with E-state index >= 15 is 0 Å². The molecule has 1 aliphatic heterocycles. The molecule has 0 saturated carbocycles. The Hall–Kier alpha value is -2.69. The highest BCUT2D eigenvalue weighted by molar-refractivity contribution is 6.06. The summed E-state index contributed by atoms with van der Waals surface area (Å²) in [6, 6.07) is 24.7. The maximum Gasteiger partial charge on any atom is 0.251 e. The number of unbranched alkanes of at least 4 members (excludes halogenated alkanes) is 1. The number of benzene rings is 3. The zero-order valence-corrected chi connectivity index (χ0v) is 17.6. The Morgan fingerprint density at radius 2 is 1.47 bits per heavy atom. The van der Waals surface area contributed by atoms with Gasteiger partial charge in [-0.2, -0.15) is 0 Å². The van der Waals surface area contributed by atoms with E-state index in [0.29, 0.717) is 0 Å². The smallest absolute Gasteiger partial charge is 0.251 e. The first kappa shape index (κ1) is 20.6. The quantitative estimate of drug-likeness (QED) is 0.576. The molecule has 1 fully saturated rings. The molecule has 1 N–H and O–H groups in total. The number of nitrogens with one attached hydrogen (secondary N) is 1. The molecule has 1 saturated heterocycles. The molecule has 30 heavy (non-hydrogen) atoms. The number of amides is 1. The highest BCUT2D eigenvalue weighted by atomic mass is 16.1. The van der Waals surface area contributed by atoms with Crippen LogP contribution in [0.25, 0.3) is 10.8 Å². The number of rotatable bonds is 8. The Balaban J connectivity index is 1.14. The minimum atomic E-state index is 0.0290. The van der Waals surface area contributed by atoms with Crippen LogP contribution in [0, 0.1) is 0 Å². The van der Waals surface area contributed by atoms with E-state index in [1.54, 1.807) is 0 Å². The molecule has 156 valence electrons. The summed E-state index contributed by atoms with van der Waals surface area (Å²) in [7, 11) is 0. The van der Waals surface area contributed by atoms with Crippen molar-refractivity contribution in [3.63, 3.8) is 0 Å². The van der Waals surface area contributed by atoms with Gasteiger partial charge in [0.25, 0.3) is 5.91 Å². The van der Waals surface area contributed by atoms with Gasteiger partial charge in [0.1, 0.15) is 0 Å². The second-order valence-corrected chi connectivity index (χ2v) is 8.09. The lowest BCUT2D eigenvalue weighted by Gasteiger charge is -2.34. The predicted octanol–water partition coefficient (Wildman–Crippen LogP) is 4.17. The Kier molecular flexibility index (Phi) is 7.11. The standard InChI is InChI=1S/C26H31N3O/c30-26(25-14-8-12-23-11-4-5-13-24(23)25)27-15-6-7-16-28-17-19-29(20-18-28)21-22-9-2-1-3-10-22/h1-5,8-14H,6-7,15-21H2,(H,27,30). The SMILES string of the molecule is O=C(NCCCCN1CCN(Cc2ccccc2)CC1)c1cccc2ccccc12. The lowest BCUT2D eigenvalue weighted by Crippen LogP contribution is -2.46. The molecule has 1 aliphatic rings. The fourth-order valence-corrected chi connectivity index (χ4v) is 4.19. The molecule has 1 heterocycles. The van der Waals surface area contributed by atoms with Gasteiger partial charge >= 0.3 is 0 Å². The minimum absolute atomic E-state index is 0.0290.